The fraction of sp³-hybridized carbons (Fsp3) is 0.200. The molecule has 0 fully saturated rings. The second kappa shape index (κ2) is 7.66. The molecule has 2 heterocycles. The van der Waals surface area contributed by atoms with E-state index in [0.717, 1.165) is 16.5 Å². The summed E-state index contributed by atoms with van der Waals surface area (Å²) in [4.78, 5) is 23.5. The van der Waals surface area contributed by atoms with Crippen LogP contribution in [0.3, 0.4) is 0 Å². The van der Waals surface area contributed by atoms with Crippen LogP contribution in [-0.4, -0.2) is 21.6 Å². The lowest BCUT2D eigenvalue weighted by atomic mass is 10.1. The molecule has 0 bridgehead atoms. The van der Waals surface area contributed by atoms with Crippen molar-refractivity contribution >= 4 is 22.9 Å². The Labute approximate surface area is 146 Å². The van der Waals surface area contributed by atoms with Crippen molar-refractivity contribution in [1.82, 2.24) is 14.5 Å². The molecule has 0 radical (unpaired) electrons. The van der Waals surface area contributed by atoms with Gasteiger partial charge >= 0.3 is 0 Å². The predicted octanol–water partition coefficient (Wildman–Crippen LogP) is 2.56. The third-order valence-corrected chi connectivity index (χ3v) is 4.12. The van der Waals surface area contributed by atoms with E-state index in [2.05, 4.69) is 11.4 Å². The minimum atomic E-state index is -0.131. The molecule has 0 saturated carbocycles. The molecule has 1 amide bonds. The van der Waals surface area contributed by atoms with Gasteiger partial charge in [0.05, 0.1) is 0 Å². The SMILES string of the molecule is Cn1cc(/C=C\C(=O)NCCCn2ccccc2=O)c2ccccc21. The molecule has 1 N–H and O–H groups in total. The third kappa shape index (κ3) is 4.07. The second-order valence-corrected chi connectivity index (χ2v) is 5.92. The quantitative estimate of drug-likeness (QED) is 0.556. The number of para-hydroxylation sites is 1. The van der Waals surface area contributed by atoms with Crippen LogP contribution in [0.15, 0.2) is 65.7 Å². The van der Waals surface area contributed by atoms with Crippen molar-refractivity contribution in [3.05, 3.63) is 76.9 Å². The van der Waals surface area contributed by atoms with E-state index in [1.807, 2.05) is 48.2 Å². The van der Waals surface area contributed by atoms with Crippen LogP contribution < -0.4 is 10.9 Å². The first kappa shape index (κ1) is 16.8. The van der Waals surface area contributed by atoms with Crippen LogP contribution in [-0.2, 0) is 18.4 Å². The van der Waals surface area contributed by atoms with Crippen molar-refractivity contribution < 1.29 is 4.79 Å². The number of benzene rings is 1. The summed E-state index contributed by atoms with van der Waals surface area (Å²) in [7, 11) is 1.99. The van der Waals surface area contributed by atoms with E-state index in [4.69, 9.17) is 0 Å². The molecule has 0 spiro atoms. The summed E-state index contributed by atoms with van der Waals surface area (Å²) in [5.74, 6) is -0.131. The normalized spacial score (nSPS) is 11.2. The number of nitrogens with zero attached hydrogens (tertiary/aromatic N) is 2. The highest BCUT2D eigenvalue weighted by atomic mass is 16.1. The van der Waals surface area contributed by atoms with E-state index in [0.29, 0.717) is 19.5 Å². The molecule has 0 unspecified atom stereocenters. The van der Waals surface area contributed by atoms with Crippen LogP contribution in [0.2, 0.25) is 0 Å². The first-order valence-electron chi connectivity index (χ1n) is 8.30. The van der Waals surface area contributed by atoms with Crippen LogP contribution in [0.5, 0.6) is 0 Å². The fourth-order valence-corrected chi connectivity index (χ4v) is 2.84. The van der Waals surface area contributed by atoms with Crippen LogP contribution in [0.4, 0.5) is 0 Å². The highest BCUT2D eigenvalue weighted by Crippen LogP contribution is 2.21. The maximum atomic E-state index is 12.0. The summed E-state index contributed by atoms with van der Waals surface area (Å²) in [6.45, 7) is 1.12. The molecule has 1 aromatic carbocycles. The first-order valence-corrected chi connectivity index (χ1v) is 8.30. The minimum Gasteiger partial charge on any atom is -0.352 e. The molecule has 5 nitrogen and oxygen atoms in total. The molecule has 25 heavy (non-hydrogen) atoms. The van der Waals surface area contributed by atoms with Gasteiger partial charge in [0.15, 0.2) is 0 Å². The van der Waals surface area contributed by atoms with Crippen LogP contribution in [0, 0.1) is 0 Å². The van der Waals surface area contributed by atoms with Gasteiger partial charge in [-0.05, 0) is 24.6 Å². The maximum absolute atomic E-state index is 12.0. The number of aromatic nitrogens is 2. The Hall–Kier alpha value is -3.08. The number of fused-ring (bicyclic) bond motifs is 1. The summed E-state index contributed by atoms with van der Waals surface area (Å²) in [5, 5.41) is 3.97. The molecule has 0 saturated heterocycles. The predicted molar refractivity (Wildman–Crippen MR) is 100 cm³/mol. The summed E-state index contributed by atoms with van der Waals surface area (Å²) in [5.41, 5.74) is 2.13. The molecular formula is C20H21N3O2. The van der Waals surface area contributed by atoms with Gasteiger partial charge in [0.2, 0.25) is 11.5 Å². The molecular weight excluding hydrogens is 314 g/mol. The summed E-state index contributed by atoms with van der Waals surface area (Å²) >= 11 is 0. The molecule has 5 heteroatoms. The highest BCUT2D eigenvalue weighted by molar-refractivity contribution is 5.96. The Bertz CT molecular complexity index is 966. The number of nitrogens with one attached hydrogen (secondary N) is 1. The molecule has 0 aliphatic heterocycles. The van der Waals surface area contributed by atoms with E-state index in [1.54, 1.807) is 22.9 Å². The zero-order valence-corrected chi connectivity index (χ0v) is 14.2. The van der Waals surface area contributed by atoms with E-state index in [9.17, 15) is 9.59 Å². The lowest BCUT2D eigenvalue weighted by Crippen LogP contribution is -2.25. The Kier molecular flexibility index (Phi) is 5.14. The Morgan fingerprint density at radius 2 is 1.96 bits per heavy atom. The largest absolute Gasteiger partial charge is 0.352 e. The van der Waals surface area contributed by atoms with Crippen molar-refractivity contribution in [3.8, 4) is 0 Å². The van der Waals surface area contributed by atoms with E-state index < -0.39 is 0 Å². The van der Waals surface area contributed by atoms with Crippen molar-refractivity contribution in [3.63, 3.8) is 0 Å². The number of hydrogen-bond acceptors (Lipinski definition) is 2. The van der Waals surface area contributed by atoms with Crippen molar-refractivity contribution in [2.24, 2.45) is 7.05 Å². The van der Waals surface area contributed by atoms with Gasteiger partial charge < -0.3 is 14.5 Å². The lowest BCUT2D eigenvalue weighted by molar-refractivity contribution is -0.116. The van der Waals surface area contributed by atoms with Crippen molar-refractivity contribution in [2.45, 2.75) is 13.0 Å². The van der Waals surface area contributed by atoms with Gasteiger partial charge in [-0.1, -0.05) is 24.3 Å². The van der Waals surface area contributed by atoms with Crippen LogP contribution in [0.1, 0.15) is 12.0 Å². The third-order valence-electron chi connectivity index (χ3n) is 4.12. The van der Waals surface area contributed by atoms with Gasteiger partial charge in [0.25, 0.3) is 0 Å². The van der Waals surface area contributed by atoms with Crippen LogP contribution >= 0.6 is 0 Å². The van der Waals surface area contributed by atoms with Gasteiger partial charge in [0, 0.05) is 61.1 Å². The molecule has 0 aliphatic carbocycles. The summed E-state index contributed by atoms with van der Waals surface area (Å²) in [6, 6.07) is 13.2. The number of rotatable bonds is 6. The van der Waals surface area contributed by atoms with E-state index >= 15 is 0 Å². The highest BCUT2D eigenvalue weighted by Gasteiger charge is 2.03. The molecule has 128 valence electrons. The van der Waals surface area contributed by atoms with Crippen molar-refractivity contribution in [1.29, 1.82) is 0 Å². The Morgan fingerprint density at radius 1 is 1.16 bits per heavy atom. The molecule has 3 aromatic rings. The number of pyridine rings is 1. The maximum Gasteiger partial charge on any atom is 0.250 e. The lowest BCUT2D eigenvalue weighted by Gasteiger charge is -2.05. The van der Waals surface area contributed by atoms with Gasteiger partial charge in [-0.2, -0.15) is 0 Å². The monoisotopic (exact) mass is 335 g/mol. The summed E-state index contributed by atoms with van der Waals surface area (Å²) < 4.78 is 3.68. The minimum absolute atomic E-state index is 0.0234. The molecule has 0 aliphatic rings. The molecule has 0 atom stereocenters. The standard InChI is InChI=1S/C20H21N3O2/c1-22-15-16(17-7-2-3-8-18(17)22)10-11-19(24)21-12-6-14-23-13-5-4-9-20(23)25/h2-5,7-11,13,15H,6,12,14H2,1H3,(H,21,24)/b11-10-. The van der Waals surface area contributed by atoms with Gasteiger partial charge in [-0.15, -0.1) is 0 Å². The van der Waals surface area contributed by atoms with E-state index in [1.165, 1.54) is 6.07 Å². The fourth-order valence-electron chi connectivity index (χ4n) is 2.84. The zero-order chi connectivity index (χ0) is 17.6. The smallest absolute Gasteiger partial charge is 0.250 e. The number of carbonyl (C=O) groups excluding carboxylic acids is 1. The summed E-state index contributed by atoms with van der Waals surface area (Å²) in [6.07, 6.45) is 7.86. The van der Waals surface area contributed by atoms with Gasteiger partial charge in [-0.25, -0.2) is 0 Å². The van der Waals surface area contributed by atoms with Crippen molar-refractivity contribution in [2.75, 3.05) is 6.54 Å². The number of amides is 1. The Balaban J connectivity index is 1.53. The average Bonchev–Trinajstić information content (AvgIpc) is 2.95. The average molecular weight is 335 g/mol. The van der Waals surface area contributed by atoms with Crippen LogP contribution in [0.25, 0.3) is 17.0 Å². The molecule has 3 rings (SSSR count). The van der Waals surface area contributed by atoms with E-state index in [-0.39, 0.29) is 11.5 Å². The Morgan fingerprint density at radius 3 is 2.80 bits per heavy atom. The first-order chi connectivity index (χ1) is 12.1. The number of carbonyl (C=O) groups is 1. The second-order valence-electron chi connectivity index (χ2n) is 5.92. The topological polar surface area (TPSA) is 56.0 Å². The van der Waals surface area contributed by atoms with Gasteiger partial charge in [-0.3, -0.25) is 9.59 Å². The number of hydrogen-bond donors (Lipinski definition) is 1. The van der Waals surface area contributed by atoms with Gasteiger partial charge in [0.1, 0.15) is 0 Å². The molecule has 2 aromatic heterocycles. The number of aryl methyl sites for hydroxylation is 2. The zero-order valence-electron chi connectivity index (χ0n) is 14.2.